The van der Waals surface area contributed by atoms with Gasteiger partial charge >= 0.3 is 0 Å². The fourth-order valence-corrected chi connectivity index (χ4v) is 3.87. The van der Waals surface area contributed by atoms with Gasteiger partial charge in [0.25, 0.3) is 5.91 Å². The minimum atomic E-state index is -0.0559. The van der Waals surface area contributed by atoms with Crippen LogP contribution in [0.4, 0.5) is 17.3 Å². The fraction of sp³-hybridized carbons (Fsp3) is 0.421. The van der Waals surface area contributed by atoms with Crippen LogP contribution in [0, 0.1) is 6.92 Å². The van der Waals surface area contributed by atoms with Crippen molar-refractivity contribution in [3.63, 3.8) is 0 Å². The van der Waals surface area contributed by atoms with E-state index in [1.165, 1.54) is 12.8 Å². The number of piperidine rings is 1. The highest BCUT2D eigenvalue weighted by molar-refractivity contribution is 6.07. The molecule has 2 aliphatic rings. The van der Waals surface area contributed by atoms with E-state index in [4.69, 9.17) is 0 Å². The summed E-state index contributed by atoms with van der Waals surface area (Å²) in [5, 5.41) is 2.93. The molecule has 0 saturated carbocycles. The fourth-order valence-electron chi connectivity index (χ4n) is 3.87. The maximum Gasteiger partial charge on any atom is 0.277 e. The lowest BCUT2D eigenvalue weighted by molar-refractivity contribution is 0.0977. The van der Waals surface area contributed by atoms with Gasteiger partial charge in [-0.2, -0.15) is 0 Å². The summed E-state index contributed by atoms with van der Waals surface area (Å²) in [5.41, 5.74) is 3.36. The van der Waals surface area contributed by atoms with Gasteiger partial charge < -0.3 is 15.1 Å². The summed E-state index contributed by atoms with van der Waals surface area (Å²) in [7, 11) is 1.76. The van der Waals surface area contributed by atoms with Crippen molar-refractivity contribution in [2.24, 2.45) is 0 Å². The second-order valence-electron chi connectivity index (χ2n) is 6.72. The molecule has 6 heteroatoms. The van der Waals surface area contributed by atoms with Gasteiger partial charge in [-0.3, -0.25) is 4.79 Å². The zero-order chi connectivity index (χ0) is 17.4. The van der Waals surface area contributed by atoms with Gasteiger partial charge in [0.05, 0.1) is 11.4 Å². The molecule has 25 heavy (non-hydrogen) atoms. The van der Waals surface area contributed by atoms with Gasteiger partial charge in [0.15, 0.2) is 0 Å². The molecule has 1 aromatic heterocycles. The zero-order valence-corrected chi connectivity index (χ0v) is 14.7. The molecule has 0 aliphatic carbocycles. The minimum absolute atomic E-state index is 0.0559. The Labute approximate surface area is 147 Å². The molecule has 0 radical (unpaired) electrons. The molecule has 1 N–H and O–H groups in total. The van der Waals surface area contributed by atoms with Crippen LogP contribution < -0.4 is 15.1 Å². The summed E-state index contributed by atoms with van der Waals surface area (Å²) in [6.45, 7) is 3.67. The van der Waals surface area contributed by atoms with Crippen LogP contribution in [0.15, 0.2) is 30.3 Å². The molecule has 0 spiro atoms. The Morgan fingerprint density at radius 2 is 2.00 bits per heavy atom. The average Bonchev–Trinajstić information content (AvgIpc) is 2.66. The van der Waals surface area contributed by atoms with Crippen LogP contribution in [0.3, 0.4) is 0 Å². The van der Waals surface area contributed by atoms with Gasteiger partial charge in [-0.1, -0.05) is 12.1 Å². The van der Waals surface area contributed by atoms with Gasteiger partial charge in [-0.15, -0.1) is 0 Å². The van der Waals surface area contributed by atoms with E-state index >= 15 is 0 Å². The number of anilines is 3. The van der Waals surface area contributed by atoms with Crippen LogP contribution in [0.5, 0.6) is 0 Å². The molecular formula is C19H23N5O. The van der Waals surface area contributed by atoms with E-state index in [9.17, 15) is 4.79 Å². The quantitative estimate of drug-likeness (QED) is 0.913. The van der Waals surface area contributed by atoms with Crippen LogP contribution in [-0.4, -0.2) is 42.1 Å². The molecule has 1 saturated heterocycles. The molecule has 1 aromatic carbocycles. The maximum absolute atomic E-state index is 13.2. The SMILES string of the molecule is CNc1nc(C)cc(C(=O)N2C[C@@H]3CCCCN3c3ccccc32)n1. The molecule has 1 fully saturated rings. The normalized spacial score (nSPS) is 19.2. The van der Waals surface area contributed by atoms with Crippen LogP contribution in [0.25, 0.3) is 0 Å². The van der Waals surface area contributed by atoms with Gasteiger partial charge in [-0.25, -0.2) is 9.97 Å². The van der Waals surface area contributed by atoms with Crippen molar-refractivity contribution in [3.8, 4) is 0 Å². The zero-order valence-electron chi connectivity index (χ0n) is 14.7. The van der Waals surface area contributed by atoms with E-state index in [0.717, 1.165) is 30.0 Å². The Hall–Kier alpha value is -2.63. The van der Waals surface area contributed by atoms with E-state index in [1.807, 2.05) is 30.0 Å². The smallest absolute Gasteiger partial charge is 0.277 e. The van der Waals surface area contributed by atoms with Crippen molar-refractivity contribution in [3.05, 3.63) is 41.7 Å². The topological polar surface area (TPSA) is 61.4 Å². The van der Waals surface area contributed by atoms with E-state index in [2.05, 4.69) is 26.3 Å². The lowest BCUT2D eigenvalue weighted by Crippen LogP contribution is -2.53. The van der Waals surface area contributed by atoms with E-state index in [0.29, 0.717) is 24.2 Å². The summed E-state index contributed by atoms with van der Waals surface area (Å²) in [5.74, 6) is 0.424. The Balaban J connectivity index is 1.74. The number of rotatable bonds is 2. The van der Waals surface area contributed by atoms with Crippen molar-refractivity contribution in [2.45, 2.75) is 32.2 Å². The monoisotopic (exact) mass is 337 g/mol. The molecule has 6 nitrogen and oxygen atoms in total. The van der Waals surface area contributed by atoms with Crippen LogP contribution in [-0.2, 0) is 0 Å². The molecule has 2 aliphatic heterocycles. The number of aromatic nitrogens is 2. The summed E-state index contributed by atoms with van der Waals surface area (Å²) in [4.78, 5) is 26.3. The maximum atomic E-state index is 13.2. The van der Waals surface area contributed by atoms with Crippen molar-refractivity contribution in [2.75, 3.05) is 35.3 Å². The van der Waals surface area contributed by atoms with Gasteiger partial charge in [0.2, 0.25) is 5.95 Å². The molecule has 2 aromatic rings. The number of benzene rings is 1. The second kappa shape index (κ2) is 6.35. The molecule has 3 heterocycles. The highest BCUT2D eigenvalue weighted by atomic mass is 16.2. The van der Waals surface area contributed by atoms with E-state index in [-0.39, 0.29) is 5.91 Å². The van der Waals surface area contributed by atoms with Crippen molar-refractivity contribution < 1.29 is 4.79 Å². The molecule has 1 amide bonds. The third-order valence-corrected chi connectivity index (χ3v) is 5.04. The number of nitrogens with zero attached hydrogens (tertiary/aromatic N) is 4. The first-order valence-corrected chi connectivity index (χ1v) is 8.88. The number of carbonyl (C=O) groups is 1. The number of hydrogen-bond acceptors (Lipinski definition) is 5. The van der Waals surface area contributed by atoms with Gasteiger partial charge in [0, 0.05) is 31.9 Å². The number of nitrogens with one attached hydrogen (secondary N) is 1. The van der Waals surface area contributed by atoms with E-state index in [1.54, 1.807) is 13.1 Å². The molecular weight excluding hydrogens is 314 g/mol. The molecule has 130 valence electrons. The van der Waals surface area contributed by atoms with Crippen LogP contribution in [0.2, 0.25) is 0 Å². The van der Waals surface area contributed by atoms with Gasteiger partial charge in [-0.05, 0) is 44.4 Å². The molecule has 1 atom stereocenters. The van der Waals surface area contributed by atoms with Crippen molar-refractivity contribution in [1.82, 2.24) is 9.97 Å². The lowest BCUT2D eigenvalue weighted by Gasteiger charge is -2.46. The Kier molecular flexibility index (Phi) is 4.03. The van der Waals surface area contributed by atoms with Crippen molar-refractivity contribution >= 4 is 23.2 Å². The summed E-state index contributed by atoms with van der Waals surface area (Å²) in [6.07, 6.45) is 3.57. The number of amides is 1. The number of hydrogen-bond donors (Lipinski definition) is 1. The minimum Gasteiger partial charge on any atom is -0.365 e. The van der Waals surface area contributed by atoms with Crippen molar-refractivity contribution in [1.29, 1.82) is 0 Å². The second-order valence-corrected chi connectivity index (χ2v) is 6.72. The number of fused-ring (bicyclic) bond motifs is 3. The summed E-state index contributed by atoms with van der Waals surface area (Å²) >= 11 is 0. The Bertz CT molecular complexity index is 806. The molecule has 4 rings (SSSR count). The third kappa shape index (κ3) is 2.81. The predicted octanol–water partition coefficient (Wildman–Crippen LogP) is 2.85. The van der Waals surface area contributed by atoms with Crippen LogP contribution in [0.1, 0.15) is 35.4 Å². The summed E-state index contributed by atoms with van der Waals surface area (Å²) in [6, 6.07) is 10.3. The predicted molar refractivity (Wildman–Crippen MR) is 99.4 cm³/mol. The lowest BCUT2D eigenvalue weighted by atomic mass is 9.96. The Morgan fingerprint density at radius 3 is 2.80 bits per heavy atom. The average molecular weight is 337 g/mol. The Morgan fingerprint density at radius 1 is 1.20 bits per heavy atom. The number of carbonyl (C=O) groups excluding carboxylic acids is 1. The van der Waals surface area contributed by atoms with Crippen LogP contribution >= 0.6 is 0 Å². The summed E-state index contributed by atoms with van der Waals surface area (Å²) < 4.78 is 0. The number of aryl methyl sites for hydroxylation is 1. The first-order valence-electron chi connectivity index (χ1n) is 8.88. The number of para-hydroxylation sites is 2. The highest BCUT2D eigenvalue weighted by Crippen LogP contribution is 2.39. The third-order valence-electron chi connectivity index (χ3n) is 5.04. The van der Waals surface area contributed by atoms with Gasteiger partial charge in [0.1, 0.15) is 5.69 Å². The standard InChI is InChI=1S/C19H23N5O/c1-13-11-15(22-19(20-2)21-13)18(25)24-12-14-7-5-6-10-23(14)16-8-3-4-9-17(16)24/h3-4,8-9,11,14H,5-7,10,12H2,1-2H3,(H,20,21,22)/t14-/m0/s1. The highest BCUT2D eigenvalue weighted by Gasteiger charge is 2.35. The molecule has 0 bridgehead atoms. The largest absolute Gasteiger partial charge is 0.365 e. The van der Waals surface area contributed by atoms with E-state index < -0.39 is 0 Å². The molecule has 0 unspecified atom stereocenters. The first-order chi connectivity index (χ1) is 12.2. The first kappa shape index (κ1) is 15.9.